The summed E-state index contributed by atoms with van der Waals surface area (Å²) >= 11 is 1.23. The van der Waals surface area contributed by atoms with Crippen molar-refractivity contribution in [2.75, 3.05) is 31.6 Å². The van der Waals surface area contributed by atoms with Gasteiger partial charge in [0.25, 0.3) is 0 Å². The van der Waals surface area contributed by atoms with E-state index in [2.05, 4.69) is 5.32 Å². The number of thiazole rings is 1. The lowest BCUT2D eigenvalue weighted by Gasteiger charge is -2.26. The number of nitrogens with one attached hydrogen (secondary N) is 2. The average Bonchev–Trinajstić information content (AvgIpc) is 3.00. The number of benzene rings is 1. The smallest absolute Gasteiger partial charge is 0.244 e. The Balaban J connectivity index is 1.74. The Morgan fingerprint density at radius 1 is 1.32 bits per heavy atom. The summed E-state index contributed by atoms with van der Waals surface area (Å²) in [6.45, 7) is 1.40. The van der Waals surface area contributed by atoms with Crippen LogP contribution < -0.4 is 10.1 Å². The van der Waals surface area contributed by atoms with Crippen molar-refractivity contribution in [3.05, 3.63) is 40.6 Å². The molecule has 2 heterocycles. The summed E-state index contributed by atoms with van der Waals surface area (Å²) < 4.78 is 33.4. The number of nitrogens with zero attached hydrogens (tertiary/aromatic N) is 2. The number of sulfonamides is 1. The SMILES string of the molecule is N=c1sccn1CC(=O)Nc1cccc(S(=O)(=O)N2CCOCC2)c1. The first-order valence-electron chi connectivity index (χ1n) is 7.63. The number of morpholine rings is 1. The predicted molar refractivity (Wildman–Crippen MR) is 92.8 cm³/mol. The van der Waals surface area contributed by atoms with Crippen LogP contribution >= 0.6 is 11.3 Å². The number of anilines is 1. The Morgan fingerprint density at radius 2 is 2.08 bits per heavy atom. The zero-order valence-corrected chi connectivity index (χ0v) is 15.0. The molecule has 10 heteroatoms. The number of amides is 1. The van der Waals surface area contributed by atoms with Gasteiger partial charge in [-0.05, 0) is 18.2 Å². The van der Waals surface area contributed by atoms with E-state index in [0.29, 0.717) is 32.0 Å². The van der Waals surface area contributed by atoms with E-state index in [1.165, 1.54) is 32.3 Å². The van der Waals surface area contributed by atoms with Crippen LogP contribution in [-0.2, 0) is 26.1 Å². The third-order valence-electron chi connectivity index (χ3n) is 3.72. The zero-order valence-electron chi connectivity index (χ0n) is 13.3. The molecule has 1 aliphatic heterocycles. The summed E-state index contributed by atoms with van der Waals surface area (Å²) in [6.07, 6.45) is 1.66. The summed E-state index contributed by atoms with van der Waals surface area (Å²) in [5.41, 5.74) is 0.404. The van der Waals surface area contributed by atoms with Crippen molar-refractivity contribution in [2.24, 2.45) is 0 Å². The Morgan fingerprint density at radius 3 is 2.76 bits per heavy atom. The van der Waals surface area contributed by atoms with Gasteiger partial charge in [0.1, 0.15) is 6.54 Å². The van der Waals surface area contributed by atoms with E-state index in [4.69, 9.17) is 10.1 Å². The van der Waals surface area contributed by atoms with Crippen LogP contribution in [0.5, 0.6) is 0 Å². The van der Waals surface area contributed by atoms with E-state index < -0.39 is 10.0 Å². The van der Waals surface area contributed by atoms with Crippen LogP contribution in [-0.4, -0.2) is 49.5 Å². The second kappa shape index (κ2) is 7.48. The lowest BCUT2D eigenvalue weighted by molar-refractivity contribution is -0.116. The molecule has 0 spiro atoms. The molecule has 2 N–H and O–H groups in total. The number of rotatable bonds is 5. The van der Waals surface area contributed by atoms with Gasteiger partial charge in [-0.1, -0.05) is 6.07 Å². The van der Waals surface area contributed by atoms with Crippen molar-refractivity contribution in [1.29, 1.82) is 5.41 Å². The maximum Gasteiger partial charge on any atom is 0.244 e. The van der Waals surface area contributed by atoms with Crippen molar-refractivity contribution in [2.45, 2.75) is 11.4 Å². The molecule has 0 saturated carbocycles. The normalized spacial score (nSPS) is 15.8. The Kier molecular flexibility index (Phi) is 5.33. The molecule has 1 amide bonds. The van der Waals surface area contributed by atoms with E-state index in [1.54, 1.807) is 23.7 Å². The molecule has 3 rings (SSSR count). The summed E-state index contributed by atoms with van der Waals surface area (Å²) in [5, 5.41) is 12.1. The van der Waals surface area contributed by atoms with Crippen LogP contribution in [0.15, 0.2) is 40.7 Å². The molecule has 2 aromatic rings. The highest BCUT2D eigenvalue weighted by Crippen LogP contribution is 2.20. The number of carbonyl (C=O) groups excluding carboxylic acids is 1. The zero-order chi connectivity index (χ0) is 17.9. The van der Waals surface area contributed by atoms with Crippen LogP contribution in [0.4, 0.5) is 5.69 Å². The number of hydrogen-bond acceptors (Lipinski definition) is 6. The van der Waals surface area contributed by atoms with Crippen LogP contribution in [0.3, 0.4) is 0 Å². The molecule has 25 heavy (non-hydrogen) atoms. The van der Waals surface area contributed by atoms with Gasteiger partial charge in [0.2, 0.25) is 15.9 Å². The van der Waals surface area contributed by atoms with Crippen molar-refractivity contribution >= 4 is 33.0 Å². The largest absolute Gasteiger partial charge is 0.379 e. The van der Waals surface area contributed by atoms with Gasteiger partial charge in [-0.2, -0.15) is 4.31 Å². The molecule has 1 aliphatic rings. The molecule has 0 atom stereocenters. The quantitative estimate of drug-likeness (QED) is 0.794. The highest BCUT2D eigenvalue weighted by atomic mass is 32.2. The molecule has 1 aromatic heterocycles. The lowest BCUT2D eigenvalue weighted by Crippen LogP contribution is -2.40. The Labute approximate surface area is 149 Å². The van der Waals surface area contributed by atoms with Crippen molar-refractivity contribution in [3.63, 3.8) is 0 Å². The van der Waals surface area contributed by atoms with Crippen LogP contribution in [0, 0.1) is 5.41 Å². The monoisotopic (exact) mass is 382 g/mol. The van der Waals surface area contributed by atoms with Gasteiger partial charge in [0, 0.05) is 30.4 Å². The van der Waals surface area contributed by atoms with Crippen molar-refractivity contribution in [3.8, 4) is 0 Å². The molecular weight excluding hydrogens is 364 g/mol. The summed E-state index contributed by atoms with van der Waals surface area (Å²) in [4.78, 5) is 12.5. The van der Waals surface area contributed by atoms with Crippen LogP contribution in [0.1, 0.15) is 0 Å². The first-order valence-corrected chi connectivity index (χ1v) is 9.95. The Bertz CT molecular complexity index is 913. The van der Waals surface area contributed by atoms with E-state index in [1.807, 2.05) is 0 Å². The van der Waals surface area contributed by atoms with Crippen molar-refractivity contribution in [1.82, 2.24) is 8.87 Å². The molecule has 1 fully saturated rings. The molecule has 0 unspecified atom stereocenters. The fourth-order valence-corrected chi connectivity index (χ4v) is 4.51. The average molecular weight is 382 g/mol. The van der Waals surface area contributed by atoms with Gasteiger partial charge in [-0.15, -0.1) is 11.3 Å². The fourth-order valence-electron chi connectivity index (χ4n) is 2.45. The molecule has 134 valence electrons. The van der Waals surface area contributed by atoms with Crippen LogP contribution in [0.25, 0.3) is 0 Å². The van der Waals surface area contributed by atoms with E-state index in [-0.39, 0.29) is 22.1 Å². The van der Waals surface area contributed by atoms with Crippen molar-refractivity contribution < 1.29 is 17.9 Å². The van der Waals surface area contributed by atoms with Gasteiger partial charge < -0.3 is 14.6 Å². The first kappa shape index (κ1) is 17.8. The summed E-state index contributed by atoms with van der Waals surface area (Å²) in [5.74, 6) is -0.321. The summed E-state index contributed by atoms with van der Waals surface area (Å²) in [6, 6.07) is 6.19. The maximum absolute atomic E-state index is 12.7. The van der Waals surface area contributed by atoms with Crippen LogP contribution in [0.2, 0.25) is 0 Å². The third-order valence-corrected chi connectivity index (χ3v) is 6.33. The minimum atomic E-state index is -3.61. The number of aromatic nitrogens is 1. The topological polar surface area (TPSA) is 104 Å². The fraction of sp³-hybridized carbons (Fsp3) is 0.333. The van der Waals surface area contributed by atoms with E-state index in [9.17, 15) is 13.2 Å². The molecule has 0 bridgehead atoms. The van der Waals surface area contributed by atoms with Gasteiger partial charge in [-0.25, -0.2) is 8.42 Å². The molecule has 0 radical (unpaired) electrons. The maximum atomic E-state index is 12.7. The molecule has 1 saturated heterocycles. The third kappa shape index (κ3) is 4.15. The van der Waals surface area contributed by atoms with E-state index >= 15 is 0 Å². The van der Waals surface area contributed by atoms with Gasteiger partial charge in [0.05, 0.1) is 18.1 Å². The second-order valence-corrected chi connectivity index (χ2v) is 8.26. The van der Waals surface area contributed by atoms with E-state index in [0.717, 1.165) is 0 Å². The standard InChI is InChI=1S/C15H18N4O4S2/c16-15-18(6-9-24-15)11-14(20)17-12-2-1-3-13(10-12)25(21,22)19-4-7-23-8-5-19/h1-3,6,9-10,16H,4-5,7-8,11H2,(H,17,20). The molecular formula is C15H18N4O4S2. The molecule has 8 nitrogen and oxygen atoms in total. The number of carbonyl (C=O) groups is 1. The highest BCUT2D eigenvalue weighted by Gasteiger charge is 2.26. The second-order valence-electron chi connectivity index (χ2n) is 5.43. The Hall–Kier alpha value is -2.01. The van der Waals surface area contributed by atoms with Gasteiger partial charge in [0.15, 0.2) is 4.80 Å². The minimum absolute atomic E-state index is 0.00275. The highest BCUT2D eigenvalue weighted by molar-refractivity contribution is 7.89. The minimum Gasteiger partial charge on any atom is -0.379 e. The van der Waals surface area contributed by atoms with Gasteiger partial charge >= 0.3 is 0 Å². The number of hydrogen-bond donors (Lipinski definition) is 2. The predicted octanol–water partition coefficient (Wildman–Crippen LogP) is 0.689. The molecule has 0 aliphatic carbocycles. The van der Waals surface area contributed by atoms with Gasteiger partial charge in [-0.3, -0.25) is 10.2 Å². The lowest BCUT2D eigenvalue weighted by atomic mass is 10.3. The number of ether oxygens (including phenoxy) is 1. The first-order chi connectivity index (χ1) is 12.0. The molecule has 1 aromatic carbocycles. The summed E-state index contributed by atoms with van der Waals surface area (Å²) in [7, 11) is -3.61.